The molecule has 26 heavy (non-hydrogen) atoms. The number of carbonyl (C=O) groups is 1. The van der Waals surface area contributed by atoms with Crippen molar-refractivity contribution in [2.24, 2.45) is 0 Å². The van der Waals surface area contributed by atoms with Gasteiger partial charge in [-0.05, 0) is 49.9 Å². The predicted octanol–water partition coefficient (Wildman–Crippen LogP) is 3.53. The van der Waals surface area contributed by atoms with Crippen LogP contribution < -0.4 is 19.5 Å². The van der Waals surface area contributed by atoms with Gasteiger partial charge in [0, 0.05) is 6.04 Å². The summed E-state index contributed by atoms with van der Waals surface area (Å²) in [6.45, 7) is 3.84. The Balaban J connectivity index is 1.86. The summed E-state index contributed by atoms with van der Waals surface area (Å²) in [5.74, 6) is 1.36. The van der Waals surface area contributed by atoms with E-state index in [1.165, 1.54) is 5.56 Å². The Bertz CT molecular complexity index is 690. The molecule has 0 spiro atoms. The average molecular weight is 357 g/mol. The first-order valence-corrected chi connectivity index (χ1v) is 8.72. The number of aryl methyl sites for hydroxylation is 2. The Morgan fingerprint density at radius 2 is 1.69 bits per heavy atom. The van der Waals surface area contributed by atoms with E-state index in [4.69, 9.17) is 14.2 Å². The molecule has 2 aromatic carbocycles. The Kier molecular flexibility index (Phi) is 7.33. The van der Waals surface area contributed by atoms with Crippen molar-refractivity contribution >= 4 is 5.91 Å². The maximum Gasteiger partial charge on any atom is 0.258 e. The molecule has 0 aliphatic heterocycles. The molecule has 0 aromatic heterocycles. The van der Waals surface area contributed by atoms with Gasteiger partial charge in [0.2, 0.25) is 5.75 Å². The number of nitrogens with one attached hydrogen (secondary N) is 1. The minimum absolute atomic E-state index is 0.0631. The standard InChI is InChI=1S/C21H27NO4/c1-15-12-18(24-3)21(19(13-15)25-4)26-14-20(23)22-16(2)10-11-17-8-6-5-7-9-17/h5-9,12-13,16H,10-11,14H2,1-4H3,(H,22,23)/t16-/m1/s1. The Hall–Kier alpha value is -2.69. The number of hydrogen-bond acceptors (Lipinski definition) is 4. The van der Waals surface area contributed by atoms with Crippen molar-refractivity contribution in [3.8, 4) is 17.2 Å². The highest BCUT2D eigenvalue weighted by Gasteiger charge is 2.15. The molecule has 1 N–H and O–H groups in total. The largest absolute Gasteiger partial charge is 0.493 e. The smallest absolute Gasteiger partial charge is 0.258 e. The normalized spacial score (nSPS) is 11.5. The second kappa shape index (κ2) is 9.70. The second-order valence-electron chi connectivity index (χ2n) is 6.28. The number of benzene rings is 2. The zero-order valence-electron chi connectivity index (χ0n) is 15.9. The molecule has 2 aromatic rings. The van der Waals surface area contributed by atoms with Crippen molar-refractivity contribution in [2.75, 3.05) is 20.8 Å². The highest BCUT2D eigenvalue weighted by atomic mass is 16.5. The molecule has 0 saturated heterocycles. The van der Waals surface area contributed by atoms with Crippen LogP contribution in [0.15, 0.2) is 42.5 Å². The summed E-state index contributed by atoms with van der Waals surface area (Å²) in [7, 11) is 3.12. The van der Waals surface area contributed by atoms with Crippen LogP contribution in [0, 0.1) is 6.92 Å². The monoisotopic (exact) mass is 357 g/mol. The van der Waals surface area contributed by atoms with Gasteiger partial charge in [0.25, 0.3) is 5.91 Å². The highest BCUT2D eigenvalue weighted by molar-refractivity contribution is 5.78. The summed E-state index contributed by atoms with van der Waals surface area (Å²) in [6.07, 6.45) is 1.79. The lowest BCUT2D eigenvalue weighted by Gasteiger charge is -2.17. The third-order valence-corrected chi connectivity index (χ3v) is 4.07. The molecular formula is C21H27NO4. The van der Waals surface area contributed by atoms with Crippen molar-refractivity contribution in [1.29, 1.82) is 0 Å². The van der Waals surface area contributed by atoms with Crippen LogP contribution in [-0.4, -0.2) is 32.8 Å². The molecule has 0 fully saturated rings. The Labute approximate surface area is 155 Å². The first-order chi connectivity index (χ1) is 12.5. The van der Waals surface area contributed by atoms with E-state index in [1.54, 1.807) is 14.2 Å². The Morgan fingerprint density at radius 1 is 1.08 bits per heavy atom. The molecule has 1 atom stereocenters. The van der Waals surface area contributed by atoms with Crippen molar-refractivity contribution < 1.29 is 19.0 Å². The van der Waals surface area contributed by atoms with E-state index in [9.17, 15) is 4.79 Å². The fraction of sp³-hybridized carbons (Fsp3) is 0.381. The molecule has 0 radical (unpaired) electrons. The van der Waals surface area contributed by atoms with Crippen LogP contribution in [0.3, 0.4) is 0 Å². The van der Waals surface area contributed by atoms with Gasteiger partial charge in [0.1, 0.15) is 0 Å². The number of hydrogen-bond donors (Lipinski definition) is 1. The molecule has 0 aliphatic rings. The maximum atomic E-state index is 12.2. The van der Waals surface area contributed by atoms with Crippen molar-refractivity contribution in [1.82, 2.24) is 5.32 Å². The molecule has 0 unspecified atom stereocenters. The molecule has 5 heteroatoms. The number of ether oxygens (including phenoxy) is 3. The van der Waals surface area contributed by atoms with Gasteiger partial charge in [0.15, 0.2) is 18.1 Å². The summed E-state index contributed by atoms with van der Waals surface area (Å²) >= 11 is 0. The zero-order valence-corrected chi connectivity index (χ0v) is 15.9. The third kappa shape index (κ3) is 5.69. The maximum absolute atomic E-state index is 12.2. The number of carbonyl (C=O) groups excluding carboxylic acids is 1. The number of amides is 1. The van der Waals surface area contributed by atoms with Crippen LogP contribution in [0.1, 0.15) is 24.5 Å². The first kappa shape index (κ1) is 19.6. The molecule has 0 heterocycles. The van der Waals surface area contributed by atoms with Gasteiger partial charge in [0.05, 0.1) is 14.2 Å². The van der Waals surface area contributed by atoms with Gasteiger partial charge in [-0.2, -0.15) is 0 Å². The van der Waals surface area contributed by atoms with E-state index in [2.05, 4.69) is 17.4 Å². The van der Waals surface area contributed by atoms with Gasteiger partial charge >= 0.3 is 0 Å². The lowest BCUT2D eigenvalue weighted by atomic mass is 10.1. The van der Waals surface area contributed by atoms with Gasteiger partial charge in [-0.1, -0.05) is 30.3 Å². The number of methoxy groups -OCH3 is 2. The molecule has 0 bridgehead atoms. The zero-order chi connectivity index (χ0) is 18.9. The molecule has 140 valence electrons. The first-order valence-electron chi connectivity index (χ1n) is 8.72. The molecule has 0 aliphatic carbocycles. The van der Waals surface area contributed by atoms with E-state index >= 15 is 0 Å². The topological polar surface area (TPSA) is 56.8 Å². The highest BCUT2D eigenvalue weighted by Crippen LogP contribution is 2.38. The van der Waals surface area contributed by atoms with Crippen LogP contribution in [-0.2, 0) is 11.2 Å². The molecule has 0 saturated carbocycles. The van der Waals surface area contributed by atoms with E-state index in [-0.39, 0.29) is 18.6 Å². The molecule has 5 nitrogen and oxygen atoms in total. The van der Waals surface area contributed by atoms with E-state index < -0.39 is 0 Å². The van der Waals surface area contributed by atoms with Crippen LogP contribution in [0.2, 0.25) is 0 Å². The van der Waals surface area contributed by atoms with Crippen LogP contribution in [0.25, 0.3) is 0 Å². The predicted molar refractivity (Wildman–Crippen MR) is 102 cm³/mol. The minimum atomic E-state index is -0.171. The lowest BCUT2D eigenvalue weighted by molar-refractivity contribution is -0.123. The fourth-order valence-electron chi connectivity index (χ4n) is 2.71. The van der Waals surface area contributed by atoms with Crippen molar-refractivity contribution in [3.05, 3.63) is 53.6 Å². The summed E-state index contributed by atoms with van der Waals surface area (Å²) in [5, 5.41) is 2.96. The van der Waals surface area contributed by atoms with Gasteiger partial charge < -0.3 is 19.5 Å². The van der Waals surface area contributed by atoms with Crippen molar-refractivity contribution in [2.45, 2.75) is 32.7 Å². The Morgan fingerprint density at radius 3 is 2.27 bits per heavy atom. The summed E-state index contributed by atoms with van der Waals surface area (Å²) in [4.78, 5) is 12.2. The van der Waals surface area contributed by atoms with E-state index in [0.29, 0.717) is 17.2 Å². The fourth-order valence-corrected chi connectivity index (χ4v) is 2.71. The SMILES string of the molecule is COc1cc(C)cc(OC)c1OCC(=O)N[C@H](C)CCc1ccccc1. The van der Waals surface area contributed by atoms with Crippen LogP contribution >= 0.6 is 0 Å². The third-order valence-electron chi connectivity index (χ3n) is 4.07. The lowest BCUT2D eigenvalue weighted by Crippen LogP contribution is -2.36. The van der Waals surface area contributed by atoms with Gasteiger partial charge in [-0.3, -0.25) is 4.79 Å². The van der Waals surface area contributed by atoms with Crippen molar-refractivity contribution in [3.63, 3.8) is 0 Å². The van der Waals surface area contributed by atoms with Gasteiger partial charge in [-0.15, -0.1) is 0 Å². The van der Waals surface area contributed by atoms with Crippen LogP contribution in [0.5, 0.6) is 17.2 Å². The quantitative estimate of drug-likeness (QED) is 0.746. The number of rotatable bonds is 9. The summed E-state index contributed by atoms with van der Waals surface area (Å²) in [5.41, 5.74) is 2.25. The summed E-state index contributed by atoms with van der Waals surface area (Å²) in [6, 6.07) is 14.0. The second-order valence-corrected chi connectivity index (χ2v) is 6.28. The summed E-state index contributed by atoms with van der Waals surface area (Å²) < 4.78 is 16.3. The molecule has 1 amide bonds. The molecule has 2 rings (SSSR count). The van der Waals surface area contributed by atoms with Crippen LogP contribution in [0.4, 0.5) is 0 Å². The van der Waals surface area contributed by atoms with Gasteiger partial charge in [-0.25, -0.2) is 0 Å². The minimum Gasteiger partial charge on any atom is -0.493 e. The van der Waals surface area contributed by atoms with E-state index in [1.807, 2.05) is 44.2 Å². The molecular weight excluding hydrogens is 330 g/mol. The average Bonchev–Trinajstić information content (AvgIpc) is 2.65. The van der Waals surface area contributed by atoms with E-state index in [0.717, 1.165) is 18.4 Å².